The molecule has 5 fully saturated rings. The molecule has 27 heteroatoms. The van der Waals surface area contributed by atoms with Crippen molar-refractivity contribution >= 4 is 64.9 Å². The molecule has 0 amide bonds. The van der Waals surface area contributed by atoms with Gasteiger partial charge in [-0.3, -0.25) is 49.0 Å². The lowest BCUT2D eigenvalue weighted by atomic mass is 9.64. The lowest BCUT2D eigenvalue weighted by Crippen LogP contribution is -2.77. The number of rotatable bonds is 11. The summed E-state index contributed by atoms with van der Waals surface area (Å²) in [5, 5.41) is 40.5. The topological polar surface area (TPSA) is 335 Å². The van der Waals surface area contributed by atoms with Crippen LogP contribution in [0, 0.1) is 17.8 Å². The molecule has 1 heterocycles. The van der Waals surface area contributed by atoms with Crippen LogP contribution in [0.4, 0.5) is 0 Å². The molecular weight excluding hydrogens is 833 g/mol. The second-order valence-corrected chi connectivity index (χ2v) is 21.3. The van der Waals surface area contributed by atoms with Gasteiger partial charge in [0.1, 0.15) is 35.2 Å². The van der Waals surface area contributed by atoms with E-state index >= 15 is 0 Å². The van der Waals surface area contributed by atoms with Gasteiger partial charge in [0, 0.05) is 23.4 Å². The minimum absolute atomic E-state index is 0.0115. The lowest BCUT2D eigenvalue weighted by Gasteiger charge is -2.51. The molecule has 308 valence electrons. The predicted octanol–water partition coefficient (Wildman–Crippen LogP) is -1.37. The van der Waals surface area contributed by atoms with E-state index in [0.717, 1.165) is 0 Å². The van der Waals surface area contributed by atoms with E-state index in [4.69, 9.17) is 27.4 Å². The van der Waals surface area contributed by atoms with Gasteiger partial charge in [0.05, 0.1) is 22.8 Å². The Kier molecular flexibility index (Phi) is 14.3. The van der Waals surface area contributed by atoms with Gasteiger partial charge in [0.15, 0.2) is 6.35 Å². The number of fused-ring (bicyclic) bond motifs is 1. The zero-order valence-electron chi connectivity index (χ0n) is 28.2. The molecule has 0 bridgehead atoms. The van der Waals surface area contributed by atoms with Crippen LogP contribution in [-0.4, -0.2) is 140 Å². The van der Waals surface area contributed by atoms with Crippen LogP contribution in [0.5, 0.6) is 0 Å². The van der Waals surface area contributed by atoms with Crippen molar-refractivity contribution in [1.29, 1.82) is 0 Å². The van der Waals surface area contributed by atoms with Crippen LogP contribution in [0.15, 0.2) is 10.2 Å². The van der Waals surface area contributed by atoms with Gasteiger partial charge in [0.2, 0.25) is 0 Å². The van der Waals surface area contributed by atoms with E-state index in [1.54, 1.807) is 6.92 Å². The fourth-order valence-corrected chi connectivity index (χ4v) is 12.8. The number of alkyl halides is 2. The molecule has 18 atom stereocenters. The highest BCUT2D eigenvalue weighted by molar-refractivity contribution is 7.87. The molecular formula is C26H47Cl2N7O14S4. The maximum absolute atomic E-state index is 12.5. The van der Waals surface area contributed by atoms with E-state index in [2.05, 4.69) is 36.8 Å². The van der Waals surface area contributed by atoms with Gasteiger partial charge in [-0.2, -0.15) is 39.7 Å². The van der Waals surface area contributed by atoms with Crippen molar-refractivity contribution in [2.24, 2.45) is 28.0 Å². The van der Waals surface area contributed by atoms with Crippen LogP contribution >= 0.6 is 23.2 Å². The molecule has 0 aromatic rings. The Bertz CT molecular complexity index is 1690. The second kappa shape index (κ2) is 17.3. The van der Waals surface area contributed by atoms with Crippen LogP contribution in [0.3, 0.4) is 0 Å². The summed E-state index contributed by atoms with van der Waals surface area (Å²) in [5.74, 6) is -1.90. The fraction of sp³-hybridized carbons (Fsp3) is 1.00. The first-order valence-electron chi connectivity index (χ1n) is 17.0. The van der Waals surface area contributed by atoms with Crippen molar-refractivity contribution in [3.05, 3.63) is 0 Å². The lowest BCUT2D eigenvalue weighted by molar-refractivity contribution is -0.0746. The third-order valence-corrected chi connectivity index (χ3v) is 16.6. The van der Waals surface area contributed by atoms with E-state index in [1.807, 2.05) is 0 Å². The molecule has 4 aliphatic carbocycles. The molecule has 0 radical (unpaired) electrons. The number of nitrogens with zero attached hydrogens (tertiary/aromatic N) is 2. The number of aliphatic hydroxyl groups is 2. The summed E-state index contributed by atoms with van der Waals surface area (Å²) in [6.45, 7) is 1.72. The van der Waals surface area contributed by atoms with Crippen LogP contribution in [0.25, 0.3) is 0 Å². The Labute approximate surface area is 320 Å². The Balaban J connectivity index is 1.38. The summed E-state index contributed by atoms with van der Waals surface area (Å²) >= 11 is 9.67. The summed E-state index contributed by atoms with van der Waals surface area (Å²) in [6, 6.07) is -3.93. The van der Waals surface area contributed by atoms with Crippen molar-refractivity contribution in [1.82, 2.24) is 26.6 Å². The first-order valence-corrected chi connectivity index (χ1v) is 23.4. The molecule has 5 aliphatic rings. The molecule has 0 aromatic heterocycles. The van der Waals surface area contributed by atoms with Crippen molar-refractivity contribution < 1.29 is 62.1 Å². The first kappa shape index (κ1) is 43.8. The molecule has 0 spiro atoms. The average molecular weight is 881 g/mol. The highest BCUT2D eigenvalue weighted by Gasteiger charge is 2.54. The van der Waals surface area contributed by atoms with Gasteiger partial charge in [-0.25, -0.2) is 0 Å². The molecule has 5 rings (SSSR count). The van der Waals surface area contributed by atoms with Gasteiger partial charge in [-0.1, -0.05) is 6.92 Å². The summed E-state index contributed by atoms with van der Waals surface area (Å²) in [6.07, 6.45) is -6.02. The smallest absolute Gasteiger partial charge is 0.302 e. The molecule has 1 aliphatic heterocycles. The SMILES string of the molecule is CC1CC(S(=O)(=O)O)C(N=NC2C(OS(=O)O)CC3CC(S(=O)(=O)O)CC(NC4NC(O)NC(NC5CCC(Cl)C(S(=O)(=O)O)C5)N4)C3C2O)CC1Cl. The minimum Gasteiger partial charge on any atom is -0.390 e. The number of hydrogen-bond donors (Lipinski definition) is 11. The Morgan fingerprint density at radius 2 is 1.42 bits per heavy atom. The molecule has 53 heavy (non-hydrogen) atoms. The molecule has 4 saturated carbocycles. The van der Waals surface area contributed by atoms with Crippen molar-refractivity contribution in [2.75, 3.05) is 0 Å². The van der Waals surface area contributed by atoms with E-state index in [-0.39, 0.29) is 50.9 Å². The number of azo groups is 1. The molecule has 0 aromatic carbocycles. The fourth-order valence-electron chi connectivity index (χ4n) is 8.49. The highest BCUT2D eigenvalue weighted by atomic mass is 35.5. The third-order valence-electron chi connectivity index (χ3n) is 11.1. The highest BCUT2D eigenvalue weighted by Crippen LogP contribution is 2.45. The van der Waals surface area contributed by atoms with Gasteiger partial charge < -0.3 is 10.2 Å². The average Bonchev–Trinajstić information content (AvgIpc) is 3.01. The van der Waals surface area contributed by atoms with Gasteiger partial charge in [-0.15, -0.1) is 23.2 Å². The van der Waals surface area contributed by atoms with E-state index in [0.29, 0.717) is 6.42 Å². The number of nitrogens with one attached hydrogen (secondary N) is 5. The third kappa shape index (κ3) is 11.0. The maximum Gasteiger partial charge on any atom is 0.302 e. The Morgan fingerprint density at radius 3 is 2.02 bits per heavy atom. The van der Waals surface area contributed by atoms with Gasteiger partial charge in [0.25, 0.3) is 30.4 Å². The van der Waals surface area contributed by atoms with Crippen LogP contribution in [0.2, 0.25) is 0 Å². The minimum atomic E-state index is -4.64. The quantitative estimate of drug-likeness (QED) is 0.0493. The standard InChI is InChI=1S/C26H47Cl2N7O14S4/c1-10-4-20(53(46,47)48)16(9-15(10)28)34-35-22-18(49-50(38)39)6-11-5-13(51(40,41)42)8-17(21(11)23(22)36)30-25-31-24(32-26(37)33-25)29-12-2-3-14(27)19(7-12)52(43,44)45/h10-26,29-33,36-37H,2-9H2,1H3,(H,38,39)(H,40,41,42)(H,43,44,45)(H,46,47,48). The monoisotopic (exact) mass is 879 g/mol. The predicted molar refractivity (Wildman–Crippen MR) is 189 cm³/mol. The maximum atomic E-state index is 12.5. The summed E-state index contributed by atoms with van der Waals surface area (Å²) in [7, 11) is -13.7. The van der Waals surface area contributed by atoms with E-state index in [9.17, 15) is 57.9 Å². The Hall–Kier alpha value is -0.300. The van der Waals surface area contributed by atoms with Crippen molar-refractivity contribution in [2.45, 2.75) is 140 Å². The number of halogens is 2. The van der Waals surface area contributed by atoms with Crippen LogP contribution < -0.4 is 26.6 Å². The van der Waals surface area contributed by atoms with Crippen LogP contribution in [0.1, 0.15) is 58.3 Å². The number of hydrogen-bond acceptors (Lipinski definition) is 17. The number of aliphatic hydroxyl groups excluding tert-OH is 2. The van der Waals surface area contributed by atoms with Crippen LogP contribution in [-0.2, 0) is 45.9 Å². The molecule has 21 nitrogen and oxygen atoms in total. The molecule has 1 saturated heterocycles. The largest absolute Gasteiger partial charge is 0.390 e. The van der Waals surface area contributed by atoms with Gasteiger partial charge >= 0.3 is 11.4 Å². The molecule has 18 unspecified atom stereocenters. The summed E-state index contributed by atoms with van der Waals surface area (Å²) in [5.41, 5.74) is 0. The summed E-state index contributed by atoms with van der Waals surface area (Å²) < 4.78 is 129. The normalized spacial score (nSPS) is 45.4. The van der Waals surface area contributed by atoms with E-state index < -0.39 is 135 Å². The summed E-state index contributed by atoms with van der Waals surface area (Å²) in [4.78, 5) is 0. The van der Waals surface area contributed by atoms with Gasteiger partial charge in [-0.05, 0) is 63.2 Å². The second-order valence-electron chi connectivity index (χ2n) is 14.6. The first-order chi connectivity index (χ1) is 24.5. The van der Waals surface area contributed by atoms with E-state index in [1.165, 1.54) is 0 Å². The Morgan fingerprint density at radius 1 is 0.774 bits per heavy atom. The zero-order valence-corrected chi connectivity index (χ0v) is 33.0. The molecule has 11 N–H and O–H groups in total. The zero-order chi connectivity index (χ0) is 39.2. The van der Waals surface area contributed by atoms with Crippen molar-refractivity contribution in [3.63, 3.8) is 0 Å². The van der Waals surface area contributed by atoms with Crippen molar-refractivity contribution in [3.8, 4) is 0 Å².